The number of nitrogens with zero attached hydrogens (tertiary/aromatic N) is 2. The largest absolute Gasteiger partial charge is 0.476 e. The molecule has 1 unspecified atom stereocenters. The van der Waals surface area contributed by atoms with Crippen LogP contribution in [0.3, 0.4) is 0 Å². The summed E-state index contributed by atoms with van der Waals surface area (Å²) < 4.78 is 0. The van der Waals surface area contributed by atoms with Crippen molar-refractivity contribution in [1.29, 1.82) is 0 Å². The van der Waals surface area contributed by atoms with E-state index in [1.807, 2.05) is 48.0 Å². The van der Waals surface area contributed by atoms with Crippen LogP contribution in [-0.2, 0) is 0 Å². The number of thiophene rings is 1. The molecule has 1 atom stereocenters. The highest BCUT2D eigenvalue weighted by molar-refractivity contribution is 7.08. The van der Waals surface area contributed by atoms with Crippen molar-refractivity contribution in [2.24, 2.45) is 0 Å². The molecule has 106 valence electrons. The second kappa shape index (κ2) is 5.49. The third-order valence-electron chi connectivity index (χ3n) is 3.27. The molecule has 0 amide bonds. The fourth-order valence-corrected chi connectivity index (χ4v) is 2.92. The number of carbonyl (C=O) groups is 1. The van der Waals surface area contributed by atoms with E-state index < -0.39 is 5.97 Å². The summed E-state index contributed by atoms with van der Waals surface area (Å²) in [6.07, 6.45) is 0. The summed E-state index contributed by atoms with van der Waals surface area (Å²) in [7, 11) is 0. The van der Waals surface area contributed by atoms with E-state index in [0.717, 1.165) is 10.9 Å². The highest BCUT2D eigenvalue weighted by Gasteiger charge is 2.18. The van der Waals surface area contributed by atoms with Gasteiger partial charge < -0.3 is 10.4 Å². The molecule has 0 aliphatic carbocycles. The number of carboxylic acid groups (broad SMARTS) is 1. The average Bonchev–Trinajstić information content (AvgIpc) is 3.01. The maximum atomic E-state index is 11.4. The van der Waals surface area contributed by atoms with Gasteiger partial charge in [0.1, 0.15) is 0 Å². The average molecular weight is 299 g/mol. The number of aromatic nitrogens is 2. The van der Waals surface area contributed by atoms with Gasteiger partial charge in [-0.15, -0.1) is 10.2 Å². The standard InChI is InChI=1S/C15H13N3O2S/c1-9(10-6-7-21-8-10)16-13-11-4-2-3-5-12(11)17-18-14(13)15(19)20/h2-9H,1H3,(H,16,17)(H,19,20). The van der Waals surface area contributed by atoms with E-state index in [1.54, 1.807) is 11.3 Å². The number of carboxylic acids is 1. The quantitative estimate of drug-likeness (QED) is 0.770. The molecular weight excluding hydrogens is 286 g/mol. The minimum atomic E-state index is -1.09. The van der Waals surface area contributed by atoms with Crippen LogP contribution in [0.25, 0.3) is 10.9 Å². The van der Waals surface area contributed by atoms with Gasteiger partial charge in [0.15, 0.2) is 5.69 Å². The zero-order valence-corrected chi connectivity index (χ0v) is 12.1. The maximum Gasteiger partial charge on any atom is 0.358 e. The zero-order chi connectivity index (χ0) is 14.8. The third-order valence-corrected chi connectivity index (χ3v) is 3.98. The Morgan fingerprint density at radius 1 is 1.29 bits per heavy atom. The lowest BCUT2D eigenvalue weighted by atomic mass is 10.1. The molecule has 2 aromatic heterocycles. The SMILES string of the molecule is CC(Nc1c(C(=O)O)nnc2ccccc12)c1ccsc1. The van der Waals surface area contributed by atoms with Crippen molar-refractivity contribution in [1.82, 2.24) is 10.2 Å². The number of aromatic carboxylic acids is 1. The molecule has 0 bridgehead atoms. The monoisotopic (exact) mass is 299 g/mol. The van der Waals surface area contributed by atoms with Crippen molar-refractivity contribution in [2.45, 2.75) is 13.0 Å². The predicted molar refractivity (Wildman–Crippen MR) is 82.9 cm³/mol. The number of benzene rings is 1. The minimum Gasteiger partial charge on any atom is -0.476 e. The Labute approximate surface area is 125 Å². The smallest absolute Gasteiger partial charge is 0.358 e. The second-order valence-corrected chi connectivity index (χ2v) is 5.45. The topological polar surface area (TPSA) is 75.1 Å². The molecule has 1 aromatic carbocycles. The molecule has 2 N–H and O–H groups in total. The molecule has 3 aromatic rings. The van der Waals surface area contributed by atoms with Gasteiger partial charge in [-0.3, -0.25) is 0 Å². The molecule has 5 nitrogen and oxygen atoms in total. The third kappa shape index (κ3) is 2.57. The predicted octanol–water partition coefficient (Wildman–Crippen LogP) is 3.56. The fourth-order valence-electron chi connectivity index (χ4n) is 2.17. The van der Waals surface area contributed by atoms with Crippen molar-refractivity contribution < 1.29 is 9.90 Å². The molecule has 0 spiro atoms. The van der Waals surface area contributed by atoms with Crippen LogP contribution < -0.4 is 5.32 Å². The van der Waals surface area contributed by atoms with Crippen molar-refractivity contribution in [3.05, 3.63) is 52.3 Å². The van der Waals surface area contributed by atoms with Gasteiger partial charge in [0, 0.05) is 11.4 Å². The Kier molecular flexibility index (Phi) is 3.53. The summed E-state index contributed by atoms with van der Waals surface area (Å²) in [6, 6.07) is 9.37. The lowest BCUT2D eigenvalue weighted by Crippen LogP contribution is -2.13. The summed E-state index contributed by atoms with van der Waals surface area (Å²) in [4.78, 5) is 11.4. The Morgan fingerprint density at radius 2 is 2.10 bits per heavy atom. The van der Waals surface area contributed by atoms with Crippen LogP contribution in [0, 0.1) is 0 Å². The number of fused-ring (bicyclic) bond motifs is 1. The first-order valence-electron chi connectivity index (χ1n) is 6.44. The number of hydrogen-bond acceptors (Lipinski definition) is 5. The van der Waals surface area contributed by atoms with E-state index in [0.29, 0.717) is 11.2 Å². The molecule has 2 heterocycles. The van der Waals surface area contributed by atoms with Crippen LogP contribution in [0.15, 0.2) is 41.1 Å². The summed E-state index contributed by atoms with van der Waals surface area (Å²) in [5.74, 6) is -1.09. The van der Waals surface area contributed by atoms with Gasteiger partial charge in [-0.05, 0) is 35.4 Å². The van der Waals surface area contributed by atoms with Gasteiger partial charge in [0.25, 0.3) is 0 Å². The first-order chi connectivity index (χ1) is 10.2. The van der Waals surface area contributed by atoms with Crippen LogP contribution in [-0.4, -0.2) is 21.3 Å². The molecular formula is C15H13N3O2S. The van der Waals surface area contributed by atoms with E-state index >= 15 is 0 Å². The van der Waals surface area contributed by atoms with Gasteiger partial charge in [-0.1, -0.05) is 18.2 Å². The van der Waals surface area contributed by atoms with E-state index in [4.69, 9.17) is 0 Å². The molecule has 21 heavy (non-hydrogen) atoms. The summed E-state index contributed by atoms with van der Waals surface area (Å²) in [6.45, 7) is 1.99. The molecule has 0 radical (unpaired) electrons. The highest BCUT2D eigenvalue weighted by Crippen LogP contribution is 2.28. The van der Waals surface area contributed by atoms with E-state index in [2.05, 4.69) is 15.5 Å². The van der Waals surface area contributed by atoms with Crippen molar-refractivity contribution in [2.75, 3.05) is 5.32 Å². The van der Waals surface area contributed by atoms with Crippen LogP contribution >= 0.6 is 11.3 Å². The highest BCUT2D eigenvalue weighted by atomic mass is 32.1. The molecule has 0 aliphatic heterocycles. The molecule has 0 fully saturated rings. The van der Waals surface area contributed by atoms with E-state index in [-0.39, 0.29) is 11.7 Å². The molecule has 3 rings (SSSR count). The number of nitrogens with one attached hydrogen (secondary N) is 1. The van der Waals surface area contributed by atoms with Gasteiger partial charge in [-0.25, -0.2) is 4.79 Å². The van der Waals surface area contributed by atoms with Crippen LogP contribution in [0.2, 0.25) is 0 Å². The van der Waals surface area contributed by atoms with Gasteiger partial charge in [-0.2, -0.15) is 11.3 Å². The van der Waals surface area contributed by atoms with Crippen LogP contribution in [0.1, 0.15) is 29.0 Å². The number of anilines is 1. The maximum absolute atomic E-state index is 11.4. The van der Waals surface area contributed by atoms with Crippen LogP contribution in [0.4, 0.5) is 5.69 Å². The first-order valence-corrected chi connectivity index (χ1v) is 7.38. The van der Waals surface area contributed by atoms with E-state index in [1.165, 1.54) is 0 Å². The van der Waals surface area contributed by atoms with Crippen molar-refractivity contribution in [3.8, 4) is 0 Å². The fraction of sp³-hybridized carbons (Fsp3) is 0.133. The Morgan fingerprint density at radius 3 is 2.81 bits per heavy atom. The molecule has 0 saturated carbocycles. The summed E-state index contributed by atoms with van der Waals surface area (Å²) in [5.41, 5.74) is 2.22. The lowest BCUT2D eigenvalue weighted by molar-refractivity contribution is 0.0690. The molecule has 0 aliphatic rings. The zero-order valence-electron chi connectivity index (χ0n) is 11.3. The van der Waals surface area contributed by atoms with E-state index in [9.17, 15) is 9.90 Å². The normalized spacial score (nSPS) is 12.2. The Bertz CT molecular complexity index is 787. The lowest BCUT2D eigenvalue weighted by Gasteiger charge is -2.17. The van der Waals surface area contributed by atoms with Crippen molar-refractivity contribution >= 4 is 33.9 Å². The number of hydrogen-bond donors (Lipinski definition) is 2. The molecule has 6 heteroatoms. The second-order valence-electron chi connectivity index (χ2n) is 4.67. The van der Waals surface area contributed by atoms with Gasteiger partial charge >= 0.3 is 5.97 Å². The Balaban J connectivity index is 2.10. The van der Waals surface area contributed by atoms with Crippen LogP contribution in [0.5, 0.6) is 0 Å². The van der Waals surface area contributed by atoms with Gasteiger partial charge in [0.05, 0.1) is 11.2 Å². The summed E-state index contributed by atoms with van der Waals surface area (Å²) in [5, 5.41) is 25.2. The first kappa shape index (κ1) is 13.5. The van der Waals surface area contributed by atoms with Gasteiger partial charge in [0.2, 0.25) is 0 Å². The number of rotatable bonds is 4. The Hall–Kier alpha value is -2.47. The van der Waals surface area contributed by atoms with Crippen molar-refractivity contribution in [3.63, 3.8) is 0 Å². The molecule has 0 saturated heterocycles. The summed E-state index contributed by atoms with van der Waals surface area (Å²) >= 11 is 1.61. The minimum absolute atomic E-state index is 0.0121.